The van der Waals surface area contributed by atoms with Gasteiger partial charge in [0.15, 0.2) is 0 Å². The molecule has 0 bridgehead atoms. The van der Waals surface area contributed by atoms with Crippen LogP contribution < -0.4 is 10.5 Å². The molecular weight excluding hydrogens is 246 g/mol. The van der Waals surface area contributed by atoms with Crippen LogP contribution in [-0.2, 0) is 0 Å². The average Bonchev–Trinajstić information content (AvgIpc) is 2.24. The van der Waals surface area contributed by atoms with E-state index in [4.69, 9.17) is 10.5 Å². The van der Waals surface area contributed by atoms with Gasteiger partial charge in [-0.3, -0.25) is 0 Å². The predicted octanol–water partition coefficient (Wildman–Crippen LogP) is 4.77. The lowest BCUT2D eigenvalue weighted by Crippen LogP contribution is -2.19. The molecule has 0 amide bonds. The highest BCUT2D eigenvalue weighted by molar-refractivity contribution is 5.44. The molecule has 2 N–H and O–H groups in total. The Hall–Kier alpha value is -1.02. The summed E-state index contributed by atoms with van der Waals surface area (Å²) in [6.07, 6.45) is 2.19. The zero-order valence-corrected chi connectivity index (χ0v) is 14.2. The Balaban J connectivity index is 2.90. The molecule has 0 radical (unpaired) electrons. The number of hydrogen-bond acceptors (Lipinski definition) is 2. The molecule has 2 unspecified atom stereocenters. The molecule has 0 spiro atoms. The van der Waals surface area contributed by atoms with Gasteiger partial charge < -0.3 is 10.5 Å². The first kappa shape index (κ1) is 17.0. The molecule has 0 saturated carbocycles. The van der Waals surface area contributed by atoms with Crippen LogP contribution in [0.3, 0.4) is 0 Å². The monoisotopic (exact) mass is 277 g/mol. The molecule has 2 nitrogen and oxygen atoms in total. The SMILES string of the molecule is COc1cc(C)cc(C)c1C(N)CC(C)CC(C)(C)C. The van der Waals surface area contributed by atoms with Crippen molar-refractivity contribution >= 4 is 0 Å². The van der Waals surface area contributed by atoms with Crippen molar-refractivity contribution in [3.05, 3.63) is 28.8 Å². The molecule has 2 heteroatoms. The summed E-state index contributed by atoms with van der Waals surface area (Å²) in [6.45, 7) is 13.4. The number of aryl methyl sites for hydroxylation is 2. The van der Waals surface area contributed by atoms with Crippen LogP contribution in [0.2, 0.25) is 0 Å². The number of hydrogen-bond donors (Lipinski definition) is 1. The van der Waals surface area contributed by atoms with Gasteiger partial charge in [0, 0.05) is 11.6 Å². The number of rotatable bonds is 5. The van der Waals surface area contributed by atoms with E-state index in [1.165, 1.54) is 23.1 Å². The maximum atomic E-state index is 6.46. The third-order valence-corrected chi connectivity index (χ3v) is 3.70. The summed E-state index contributed by atoms with van der Waals surface area (Å²) in [4.78, 5) is 0. The van der Waals surface area contributed by atoms with Gasteiger partial charge in [0.2, 0.25) is 0 Å². The summed E-state index contributed by atoms with van der Waals surface area (Å²) >= 11 is 0. The first-order chi connectivity index (χ1) is 9.14. The van der Waals surface area contributed by atoms with E-state index in [0.717, 1.165) is 12.2 Å². The molecule has 0 fully saturated rings. The Kier molecular flexibility index (Phi) is 5.64. The van der Waals surface area contributed by atoms with Crippen molar-refractivity contribution in [2.24, 2.45) is 17.1 Å². The smallest absolute Gasteiger partial charge is 0.124 e. The van der Waals surface area contributed by atoms with Gasteiger partial charge >= 0.3 is 0 Å². The number of ether oxygens (including phenoxy) is 1. The summed E-state index contributed by atoms with van der Waals surface area (Å²) in [5, 5.41) is 0. The van der Waals surface area contributed by atoms with Crippen molar-refractivity contribution in [3.63, 3.8) is 0 Å². The minimum atomic E-state index is 0.0444. The highest BCUT2D eigenvalue weighted by Crippen LogP contribution is 2.34. The van der Waals surface area contributed by atoms with Crippen molar-refractivity contribution in [2.45, 2.75) is 60.4 Å². The molecule has 20 heavy (non-hydrogen) atoms. The minimum Gasteiger partial charge on any atom is -0.496 e. The standard InChI is InChI=1S/C18H31NO/c1-12-8-14(3)17(16(10-12)20-7)15(19)9-13(2)11-18(4,5)6/h8,10,13,15H,9,11,19H2,1-7H3. The van der Waals surface area contributed by atoms with E-state index in [2.05, 4.69) is 53.7 Å². The Morgan fingerprint density at radius 2 is 1.80 bits per heavy atom. The molecule has 1 aromatic carbocycles. The quantitative estimate of drug-likeness (QED) is 0.841. The van der Waals surface area contributed by atoms with Crippen LogP contribution >= 0.6 is 0 Å². The van der Waals surface area contributed by atoms with Crippen LogP contribution in [-0.4, -0.2) is 7.11 Å². The Labute approximate surface area is 124 Å². The van der Waals surface area contributed by atoms with Gasteiger partial charge in [0.1, 0.15) is 5.75 Å². The molecule has 2 atom stereocenters. The molecular formula is C18H31NO. The van der Waals surface area contributed by atoms with Crippen molar-refractivity contribution in [1.82, 2.24) is 0 Å². The van der Waals surface area contributed by atoms with Crippen LogP contribution in [0, 0.1) is 25.2 Å². The molecule has 0 heterocycles. The summed E-state index contributed by atoms with van der Waals surface area (Å²) < 4.78 is 5.53. The van der Waals surface area contributed by atoms with Crippen LogP contribution in [0.5, 0.6) is 5.75 Å². The number of benzene rings is 1. The van der Waals surface area contributed by atoms with Gasteiger partial charge in [-0.15, -0.1) is 0 Å². The number of nitrogens with two attached hydrogens (primary N) is 1. The van der Waals surface area contributed by atoms with Gasteiger partial charge in [-0.1, -0.05) is 33.8 Å². The Morgan fingerprint density at radius 3 is 2.30 bits per heavy atom. The van der Waals surface area contributed by atoms with Gasteiger partial charge in [0.25, 0.3) is 0 Å². The summed E-state index contributed by atoms with van der Waals surface area (Å²) in [6, 6.07) is 4.31. The van der Waals surface area contributed by atoms with Crippen LogP contribution in [0.15, 0.2) is 12.1 Å². The lowest BCUT2D eigenvalue weighted by atomic mass is 9.81. The normalized spacial score (nSPS) is 15.0. The third-order valence-electron chi connectivity index (χ3n) is 3.70. The average molecular weight is 277 g/mol. The molecule has 114 valence electrons. The van der Waals surface area contributed by atoms with E-state index >= 15 is 0 Å². The predicted molar refractivity (Wildman–Crippen MR) is 87.2 cm³/mol. The van der Waals surface area contributed by atoms with Gasteiger partial charge in [0.05, 0.1) is 7.11 Å². The zero-order chi connectivity index (χ0) is 15.5. The Bertz CT molecular complexity index is 445. The van der Waals surface area contributed by atoms with Crippen LogP contribution in [0.4, 0.5) is 0 Å². The van der Waals surface area contributed by atoms with Crippen LogP contribution in [0.1, 0.15) is 63.3 Å². The molecule has 1 aromatic rings. The fourth-order valence-corrected chi connectivity index (χ4v) is 3.26. The first-order valence-electron chi connectivity index (χ1n) is 7.54. The molecule has 0 saturated heterocycles. The van der Waals surface area contributed by atoms with Crippen molar-refractivity contribution in [3.8, 4) is 5.75 Å². The summed E-state index contributed by atoms with van der Waals surface area (Å²) in [7, 11) is 1.73. The Morgan fingerprint density at radius 1 is 1.20 bits per heavy atom. The van der Waals surface area contributed by atoms with Gasteiger partial charge in [-0.25, -0.2) is 0 Å². The second-order valence-corrected chi connectivity index (χ2v) is 7.41. The maximum Gasteiger partial charge on any atom is 0.124 e. The second kappa shape index (κ2) is 6.62. The molecule has 0 aromatic heterocycles. The first-order valence-corrected chi connectivity index (χ1v) is 7.54. The van der Waals surface area contributed by atoms with E-state index in [9.17, 15) is 0 Å². The highest BCUT2D eigenvalue weighted by Gasteiger charge is 2.21. The molecule has 1 rings (SSSR count). The summed E-state index contributed by atoms with van der Waals surface area (Å²) in [5.41, 5.74) is 10.4. The third kappa shape index (κ3) is 4.82. The lowest BCUT2D eigenvalue weighted by molar-refractivity contribution is 0.284. The van der Waals surface area contributed by atoms with Crippen molar-refractivity contribution < 1.29 is 4.74 Å². The van der Waals surface area contributed by atoms with E-state index in [1.54, 1.807) is 7.11 Å². The van der Waals surface area contributed by atoms with Gasteiger partial charge in [-0.05, 0) is 55.2 Å². The van der Waals surface area contributed by atoms with Crippen molar-refractivity contribution in [1.29, 1.82) is 0 Å². The highest BCUT2D eigenvalue weighted by atomic mass is 16.5. The summed E-state index contributed by atoms with van der Waals surface area (Å²) in [5.74, 6) is 1.54. The van der Waals surface area contributed by atoms with Crippen LogP contribution in [0.25, 0.3) is 0 Å². The van der Waals surface area contributed by atoms with Gasteiger partial charge in [-0.2, -0.15) is 0 Å². The molecule has 0 aliphatic rings. The second-order valence-electron chi connectivity index (χ2n) is 7.41. The topological polar surface area (TPSA) is 35.2 Å². The number of methoxy groups -OCH3 is 1. The van der Waals surface area contributed by atoms with E-state index in [0.29, 0.717) is 11.3 Å². The zero-order valence-electron chi connectivity index (χ0n) is 14.2. The largest absolute Gasteiger partial charge is 0.496 e. The fraction of sp³-hybridized carbons (Fsp3) is 0.667. The molecule has 0 aliphatic carbocycles. The van der Waals surface area contributed by atoms with E-state index in [1.807, 2.05) is 0 Å². The molecule has 0 aliphatic heterocycles. The fourth-order valence-electron chi connectivity index (χ4n) is 3.26. The minimum absolute atomic E-state index is 0.0444. The van der Waals surface area contributed by atoms with Crippen molar-refractivity contribution in [2.75, 3.05) is 7.11 Å². The lowest BCUT2D eigenvalue weighted by Gasteiger charge is -2.26. The van der Waals surface area contributed by atoms with E-state index < -0.39 is 0 Å². The maximum absolute atomic E-state index is 6.46. The van der Waals surface area contributed by atoms with E-state index in [-0.39, 0.29) is 6.04 Å².